The van der Waals surface area contributed by atoms with E-state index in [0.29, 0.717) is 11.1 Å². The molecule has 152 valence electrons. The number of hydrogen-bond acceptors (Lipinski definition) is 6. The van der Waals surface area contributed by atoms with Gasteiger partial charge in [-0.3, -0.25) is 14.4 Å². The van der Waals surface area contributed by atoms with Crippen molar-refractivity contribution < 1.29 is 27.5 Å². The lowest BCUT2D eigenvalue weighted by Gasteiger charge is -2.25. The largest absolute Gasteiger partial charge is 0.437 e. The minimum Gasteiger partial charge on any atom is -0.437 e. The summed E-state index contributed by atoms with van der Waals surface area (Å²) in [5, 5.41) is 0. The van der Waals surface area contributed by atoms with Gasteiger partial charge in [0.15, 0.2) is 0 Å². The molecule has 2 aromatic rings. The molecule has 0 fully saturated rings. The van der Waals surface area contributed by atoms with E-state index in [-0.39, 0.29) is 12.0 Å². The number of nitrogens with one attached hydrogen (secondary N) is 1. The normalized spacial score (nSPS) is 17.0. The van der Waals surface area contributed by atoms with E-state index in [2.05, 4.69) is 4.72 Å². The second kappa shape index (κ2) is 8.14. The highest BCUT2D eigenvalue weighted by Crippen LogP contribution is 2.36. The Morgan fingerprint density at radius 2 is 1.72 bits per heavy atom. The molecule has 2 atom stereocenters. The van der Waals surface area contributed by atoms with Gasteiger partial charge in [0, 0.05) is 24.5 Å². The number of sulfonamides is 1. The number of amides is 2. The smallest absolute Gasteiger partial charge is 0.304 e. The highest BCUT2D eigenvalue weighted by Gasteiger charge is 2.43. The fourth-order valence-corrected chi connectivity index (χ4v) is 3.98. The fourth-order valence-electron chi connectivity index (χ4n) is 3.24. The Kier molecular flexibility index (Phi) is 5.81. The van der Waals surface area contributed by atoms with Gasteiger partial charge in [0.05, 0.1) is 12.3 Å². The predicted octanol–water partition coefficient (Wildman–Crippen LogP) is 1.91. The Morgan fingerprint density at radius 3 is 2.34 bits per heavy atom. The van der Waals surface area contributed by atoms with Gasteiger partial charge in [-0.15, -0.1) is 0 Å². The Hall–Kier alpha value is -3.04. The van der Waals surface area contributed by atoms with Crippen LogP contribution >= 0.6 is 0 Å². The first-order valence-corrected chi connectivity index (χ1v) is 10.7. The summed E-state index contributed by atoms with van der Waals surface area (Å²) in [6.07, 6.45) is -0.515. The topological polar surface area (TPSA) is 110 Å². The van der Waals surface area contributed by atoms with Crippen LogP contribution in [0.2, 0.25) is 0 Å². The lowest BCUT2D eigenvalue weighted by molar-refractivity contribution is -0.158. The van der Waals surface area contributed by atoms with E-state index in [9.17, 15) is 22.8 Å². The van der Waals surface area contributed by atoms with Crippen molar-refractivity contribution in [3.05, 3.63) is 71.3 Å². The quantitative estimate of drug-likeness (QED) is 0.721. The SMILES string of the molecule is CC(=O)OC1c2ccccc2C(=O)N1C(=O)CC(NS(C)(=O)=O)c1ccccc1. The first-order valence-electron chi connectivity index (χ1n) is 8.82. The van der Waals surface area contributed by atoms with Crippen molar-refractivity contribution in [3.8, 4) is 0 Å². The first-order chi connectivity index (χ1) is 13.7. The third-order valence-electron chi connectivity index (χ3n) is 4.39. The van der Waals surface area contributed by atoms with Crippen molar-refractivity contribution >= 4 is 27.8 Å². The Morgan fingerprint density at radius 1 is 1.10 bits per heavy atom. The number of nitrogens with zero attached hydrogens (tertiary/aromatic N) is 1. The molecule has 0 spiro atoms. The van der Waals surface area contributed by atoms with E-state index in [1.807, 2.05) is 0 Å². The van der Waals surface area contributed by atoms with Gasteiger partial charge < -0.3 is 4.74 Å². The maximum atomic E-state index is 13.1. The molecule has 8 nitrogen and oxygen atoms in total. The maximum Gasteiger partial charge on any atom is 0.304 e. The van der Waals surface area contributed by atoms with Gasteiger partial charge in [-0.25, -0.2) is 18.0 Å². The van der Waals surface area contributed by atoms with Gasteiger partial charge in [-0.1, -0.05) is 48.5 Å². The second-order valence-corrected chi connectivity index (χ2v) is 8.46. The maximum absolute atomic E-state index is 13.1. The molecule has 2 unspecified atom stereocenters. The van der Waals surface area contributed by atoms with Crippen molar-refractivity contribution in [2.24, 2.45) is 0 Å². The van der Waals surface area contributed by atoms with Crippen molar-refractivity contribution in [1.82, 2.24) is 9.62 Å². The Balaban J connectivity index is 1.92. The average Bonchev–Trinajstić information content (AvgIpc) is 2.92. The van der Waals surface area contributed by atoms with Crippen LogP contribution in [-0.2, 0) is 24.3 Å². The summed E-state index contributed by atoms with van der Waals surface area (Å²) in [4.78, 5) is 38.3. The molecular weight excluding hydrogens is 396 g/mol. The molecule has 9 heteroatoms. The molecule has 0 aliphatic carbocycles. The van der Waals surface area contributed by atoms with E-state index in [1.165, 1.54) is 6.92 Å². The molecule has 2 aromatic carbocycles. The number of imide groups is 1. The standard InChI is InChI=1S/C20H20N2O6S/c1-13(23)28-20-16-11-7-6-10-15(16)19(25)22(20)18(24)12-17(21-29(2,26)27)14-8-4-3-5-9-14/h3-11,17,20-21H,12H2,1-2H3. The zero-order valence-electron chi connectivity index (χ0n) is 15.9. The summed E-state index contributed by atoms with van der Waals surface area (Å²) in [5.41, 5.74) is 1.24. The summed E-state index contributed by atoms with van der Waals surface area (Å²) < 4.78 is 31.3. The van der Waals surface area contributed by atoms with E-state index >= 15 is 0 Å². The molecule has 2 amide bonds. The summed E-state index contributed by atoms with van der Waals surface area (Å²) in [5.74, 6) is -1.91. The molecule has 1 aliphatic rings. The van der Waals surface area contributed by atoms with Gasteiger partial charge >= 0.3 is 5.97 Å². The predicted molar refractivity (Wildman–Crippen MR) is 104 cm³/mol. The molecule has 0 saturated carbocycles. The van der Waals surface area contributed by atoms with Crippen molar-refractivity contribution in [3.63, 3.8) is 0 Å². The van der Waals surface area contributed by atoms with E-state index in [0.717, 1.165) is 11.2 Å². The third kappa shape index (κ3) is 4.69. The van der Waals surface area contributed by atoms with Crippen LogP contribution in [0.3, 0.4) is 0 Å². The van der Waals surface area contributed by atoms with Crippen LogP contribution < -0.4 is 4.72 Å². The van der Waals surface area contributed by atoms with Gasteiger partial charge in [0.1, 0.15) is 0 Å². The Labute approximate surface area is 168 Å². The fraction of sp³-hybridized carbons (Fsp3) is 0.250. The molecule has 1 heterocycles. The number of hydrogen-bond donors (Lipinski definition) is 1. The molecule has 1 aliphatic heterocycles. The van der Waals surface area contributed by atoms with Crippen molar-refractivity contribution in [2.45, 2.75) is 25.6 Å². The molecule has 0 saturated heterocycles. The number of fused-ring (bicyclic) bond motifs is 1. The van der Waals surface area contributed by atoms with E-state index in [4.69, 9.17) is 4.74 Å². The van der Waals surface area contributed by atoms with Crippen LogP contribution in [0.4, 0.5) is 0 Å². The van der Waals surface area contributed by atoms with Gasteiger partial charge in [-0.2, -0.15) is 0 Å². The number of esters is 1. The summed E-state index contributed by atoms with van der Waals surface area (Å²) in [7, 11) is -3.63. The van der Waals surface area contributed by atoms with Crippen LogP contribution in [0.15, 0.2) is 54.6 Å². The molecule has 29 heavy (non-hydrogen) atoms. The van der Waals surface area contributed by atoms with E-state index in [1.54, 1.807) is 54.6 Å². The number of carbonyl (C=O) groups is 3. The minimum atomic E-state index is -3.63. The van der Waals surface area contributed by atoms with E-state index < -0.39 is 40.1 Å². The molecule has 3 rings (SSSR count). The average molecular weight is 416 g/mol. The number of rotatable bonds is 6. The molecular formula is C20H20N2O6S. The van der Waals surface area contributed by atoms with Crippen LogP contribution in [0.1, 0.15) is 47.1 Å². The zero-order chi connectivity index (χ0) is 21.2. The summed E-state index contributed by atoms with van der Waals surface area (Å²) >= 11 is 0. The number of ether oxygens (including phenoxy) is 1. The van der Waals surface area contributed by atoms with Crippen molar-refractivity contribution in [1.29, 1.82) is 0 Å². The molecule has 0 bridgehead atoms. The van der Waals surface area contributed by atoms with Crippen molar-refractivity contribution in [2.75, 3.05) is 6.26 Å². The van der Waals surface area contributed by atoms with Gasteiger partial charge in [0.25, 0.3) is 5.91 Å². The lowest BCUT2D eigenvalue weighted by atomic mass is 10.0. The summed E-state index contributed by atoms with van der Waals surface area (Å²) in [6.45, 7) is 1.19. The van der Waals surface area contributed by atoms with Gasteiger partial charge in [-0.05, 0) is 11.6 Å². The van der Waals surface area contributed by atoms with Crippen LogP contribution in [0.25, 0.3) is 0 Å². The first kappa shape index (κ1) is 20.7. The van der Waals surface area contributed by atoms with Gasteiger partial charge in [0.2, 0.25) is 22.2 Å². The Bertz CT molecular complexity index is 1050. The highest BCUT2D eigenvalue weighted by molar-refractivity contribution is 7.88. The second-order valence-electron chi connectivity index (χ2n) is 6.68. The highest BCUT2D eigenvalue weighted by atomic mass is 32.2. The van der Waals surface area contributed by atoms with Crippen LogP contribution in [-0.4, -0.2) is 37.4 Å². The molecule has 1 N–H and O–H groups in total. The zero-order valence-corrected chi connectivity index (χ0v) is 16.7. The monoisotopic (exact) mass is 416 g/mol. The minimum absolute atomic E-state index is 0.263. The number of carbonyl (C=O) groups excluding carboxylic acids is 3. The van der Waals surface area contributed by atoms with Crippen LogP contribution in [0.5, 0.6) is 0 Å². The summed E-state index contributed by atoms with van der Waals surface area (Å²) in [6, 6.07) is 14.2. The molecule has 0 radical (unpaired) electrons. The molecule has 0 aromatic heterocycles. The van der Waals surface area contributed by atoms with Crippen LogP contribution in [0, 0.1) is 0 Å². The number of benzene rings is 2. The third-order valence-corrected chi connectivity index (χ3v) is 5.11. The lowest BCUT2D eigenvalue weighted by Crippen LogP contribution is -2.39.